The molecule has 0 aromatic rings. The molecule has 3 N–H and O–H groups in total. The van der Waals surface area contributed by atoms with E-state index in [2.05, 4.69) is 5.73 Å². The summed E-state index contributed by atoms with van der Waals surface area (Å²) >= 11 is 0. The van der Waals surface area contributed by atoms with Gasteiger partial charge in [-0.1, -0.05) is 0 Å². The molecule has 0 unspecified atom stereocenters. The first-order chi connectivity index (χ1) is 3.42. The van der Waals surface area contributed by atoms with Crippen molar-refractivity contribution in [2.75, 3.05) is 0 Å². The summed E-state index contributed by atoms with van der Waals surface area (Å²) in [6, 6.07) is 0. The van der Waals surface area contributed by atoms with Gasteiger partial charge in [-0.3, -0.25) is 5.41 Å². The highest BCUT2D eigenvalue weighted by Crippen LogP contribution is 2.18. The molecule has 0 atom stereocenters. The fourth-order valence-electron chi connectivity index (χ4n) is 0.216. The molecule has 0 bridgehead atoms. The van der Waals surface area contributed by atoms with Gasteiger partial charge in [0, 0.05) is 0 Å². The molecule has 0 saturated heterocycles. The van der Waals surface area contributed by atoms with E-state index in [4.69, 9.17) is 5.41 Å². The number of rotatable bonds is 1. The smallest absolute Gasteiger partial charge is 0.387 e. The third-order valence-corrected chi connectivity index (χ3v) is 0.391. The maximum Gasteiger partial charge on any atom is 0.395 e. The van der Waals surface area contributed by atoms with Gasteiger partial charge in [0.25, 0.3) is 0 Å². The molecule has 0 heterocycles. The van der Waals surface area contributed by atoms with Gasteiger partial charge >= 0.3 is 6.18 Å². The molecule has 0 aromatic carbocycles. The van der Waals surface area contributed by atoms with Gasteiger partial charge in [-0.05, 0) is 0 Å². The first kappa shape index (κ1) is 7.26. The Morgan fingerprint density at radius 1 is 1.50 bits per heavy atom. The summed E-state index contributed by atoms with van der Waals surface area (Å²) in [6.45, 7) is 0. The van der Waals surface area contributed by atoms with E-state index >= 15 is 0 Å². The molecule has 0 aliphatic carbocycles. The van der Waals surface area contributed by atoms with Crippen LogP contribution in [-0.4, -0.2) is 12.0 Å². The van der Waals surface area contributed by atoms with E-state index in [1.54, 1.807) is 0 Å². The molecular formula is C3H5F3N2. The second kappa shape index (κ2) is 2.02. The number of hydrogen-bond donors (Lipinski definition) is 2. The van der Waals surface area contributed by atoms with Crippen LogP contribution in [0.25, 0.3) is 0 Å². The predicted octanol–water partition coefficient (Wildman–Crippen LogP) is 0.875. The first-order valence-corrected chi connectivity index (χ1v) is 1.81. The minimum Gasteiger partial charge on any atom is -0.387 e. The van der Waals surface area contributed by atoms with Gasteiger partial charge in [-0.25, -0.2) is 0 Å². The van der Waals surface area contributed by atoms with Crippen molar-refractivity contribution < 1.29 is 13.2 Å². The van der Waals surface area contributed by atoms with Crippen LogP contribution in [0.4, 0.5) is 13.2 Å². The van der Waals surface area contributed by atoms with Crippen LogP contribution in [0.1, 0.15) is 6.42 Å². The molecule has 5 heteroatoms. The van der Waals surface area contributed by atoms with Crippen molar-refractivity contribution in [1.29, 1.82) is 5.41 Å². The summed E-state index contributed by atoms with van der Waals surface area (Å²) in [5.41, 5.74) is 4.44. The van der Waals surface area contributed by atoms with E-state index in [1.807, 2.05) is 0 Å². The molecule has 0 spiro atoms. The van der Waals surface area contributed by atoms with Crippen molar-refractivity contribution in [2.24, 2.45) is 5.73 Å². The molecule has 0 aliphatic rings. The van der Waals surface area contributed by atoms with Crippen LogP contribution in [0.5, 0.6) is 0 Å². The third-order valence-electron chi connectivity index (χ3n) is 0.391. The lowest BCUT2D eigenvalue weighted by atomic mass is 10.4. The summed E-state index contributed by atoms with van der Waals surface area (Å²) in [7, 11) is 0. The van der Waals surface area contributed by atoms with Gasteiger partial charge in [0.15, 0.2) is 0 Å². The van der Waals surface area contributed by atoms with Crippen LogP contribution in [0.3, 0.4) is 0 Å². The SMILES string of the molecule is N=C(N)CC(F)(F)F. The summed E-state index contributed by atoms with van der Waals surface area (Å²) in [6.07, 6.45) is -5.64. The third kappa shape index (κ3) is 5.26. The normalized spacial score (nSPS) is 11.4. The second-order valence-corrected chi connectivity index (χ2v) is 1.32. The van der Waals surface area contributed by atoms with E-state index in [1.165, 1.54) is 0 Å². The van der Waals surface area contributed by atoms with Gasteiger partial charge < -0.3 is 5.73 Å². The zero-order valence-corrected chi connectivity index (χ0v) is 3.92. The Balaban J connectivity index is 3.55. The Morgan fingerprint density at radius 2 is 1.88 bits per heavy atom. The number of nitrogens with one attached hydrogen (secondary N) is 1. The van der Waals surface area contributed by atoms with Crippen LogP contribution in [0.15, 0.2) is 0 Å². The zero-order chi connectivity index (χ0) is 6.78. The molecule has 8 heavy (non-hydrogen) atoms. The molecule has 0 fully saturated rings. The Bertz CT molecular complexity index is 95.2. The lowest BCUT2D eigenvalue weighted by Crippen LogP contribution is -2.20. The van der Waals surface area contributed by atoms with E-state index < -0.39 is 18.4 Å². The van der Waals surface area contributed by atoms with Crippen LogP contribution >= 0.6 is 0 Å². The van der Waals surface area contributed by atoms with Crippen LogP contribution < -0.4 is 5.73 Å². The van der Waals surface area contributed by atoms with Crippen LogP contribution in [0, 0.1) is 5.41 Å². The van der Waals surface area contributed by atoms with Gasteiger partial charge in [-0.15, -0.1) is 0 Å². The summed E-state index contributed by atoms with van der Waals surface area (Å²) < 4.78 is 33.3. The Hall–Kier alpha value is -0.740. The van der Waals surface area contributed by atoms with Crippen LogP contribution in [-0.2, 0) is 0 Å². The molecule has 0 rings (SSSR count). The monoisotopic (exact) mass is 126 g/mol. The Kier molecular flexibility index (Phi) is 1.83. The molecule has 48 valence electrons. The first-order valence-electron chi connectivity index (χ1n) is 1.81. The lowest BCUT2D eigenvalue weighted by Gasteiger charge is -2.01. The van der Waals surface area contributed by atoms with E-state index in [0.29, 0.717) is 0 Å². The molecule has 0 amide bonds. The van der Waals surface area contributed by atoms with Crippen molar-refractivity contribution in [1.82, 2.24) is 0 Å². The Morgan fingerprint density at radius 3 is 1.88 bits per heavy atom. The number of hydrogen-bond acceptors (Lipinski definition) is 1. The maximum absolute atomic E-state index is 11.1. The van der Waals surface area contributed by atoms with Crippen molar-refractivity contribution in [2.45, 2.75) is 12.6 Å². The summed E-state index contributed by atoms with van der Waals surface area (Å²) in [5.74, 6) is -0.850. The van der Waals surface area contributed by atoms with Crippen molar-refractivity contribution in [3.8, 4) is 0 Å². The fraction of sp³-hybridized carbons (Fsp3) is 0.667. The molecule has 0 radical (unpaired) electrons. The topological polar surface area (TPSA) is 49.9 Å². The fourth-order valence-corrected chi connectivity index (χ4v) is 0.216. The Labute approximate surface area is 44.0 Å². The summed E-state index contributed by atoms with van der Waals surface area (Å²) in [5, 5.41) is 6.21. The van der Waals surface area contributed by atoms with E-state index in [9.17, 15) is 13.2 Å². The minimum absolute atomic E-state index is 0.850. The molecule has 0 aliphatic heterocycles. The number of nitrogens with two attached hydrogens (primary N) is 1. The van der Waals surface area contributed by atoms with Crippen molar-refractivity contribution >= 4 is 5.84 Å². The highest BCUT2D eigenvalue weighted by molar-refractivity contribution is 5.77. The van der Waals surface area contributed by atoms with Gasteiger partial charge in [0.05, 0.1) is 5.84 Å². The van der Waals surface area contributed by atoms with Crippen molar-refractivity contribution in [3.05, 3.63) is 0 Å². The van der Waals surface area contributed by atoms with Gasteiger partial charge in [0.2, 0.25) is 0 Å². The molecular weight excluding hydrogens is 121 g/mol. The van der Waals surface area contributed by atoms with Gasteiger partial charge in [0.1, 0.15) is 6.42 Å². The average molecular weight is 126 g/mol. The van der Waals surface area contributed by atoms with Crippen molar-refractivity contribution in [3.63, 3.8) is 0 Å². The minimum atomic E-state index is -4.33. The zero-order valence-electron chi connectivity index (χ0n) is 3.92. The molecule has 0 aromatic heterocycles. The average Bonchev–Trinajstić information content (AvgIpc) is 1.21. The summed E-state index contributed by atoms with van der Waals surface area (Å²) in [4.78, 5) is 0. The quantitative estimate of drug-likeness (QED) is 0.397. The largest absolute Gasteiger partial charge is 0.395 e. The number of alkyl halides is 3. The molecule has 0 saturated carbocycles. The highest BCUT2D eigenvalue weighted by atomic mass is 19.4. The lowest BCUT2D eigenvalue weighted by molar-refractivity contribution is -0.121. The van der Waals surface area contributed by atoms with Gasteiger partial charge in [-0.2, -0.15) is 13.2 Å². The molecule has 2 nitrogen and oxygen atoms in total. The second-order valence-electron chi connectivity index (χ2n) is 1.32. The number of halogens is 3. The predicted molar refractivity (Wildman–Crippen MR) is 22.6 cm³/mol. The highest BCUT2D eigenvalue weighted by Gasteiger charge is 2.27. The van der Waals surface area contributed by atoms with E-state index in [0.717, 1.165) is 0 Å². The number of amidine groups is 1. The van der Waals surface area contributed by atoms with Crippen LogP contribution in [0.2, 0.25) is 0 Å². The maximum atomic E-state index is 11.1. The standard InChI is InChI=1S/C3H5F3N2/c4-3(5,6)1-2(7)8/h1H2,(H3,7,8). The van der Waals surface area contributed by atoms with E-state index in [-0.39, 0.29) is 0 Å².